The quantitative estimate of drug-likeness (QED) is 0.0850. The Balaban J connectivity index is 0.977. The van der Waals surface area contributed by atoms with Crippen molar-refractivity contribution < 1.29 is 98.5 Å². The highest BCUT2D eigenvalue weighted by molar-refractivity contribution is 5.84. The highest BCUT2D eigenvalue weighted by Crippen LogP contribution is 2.75. The van der Waals surface area contributed by atoms with E-state index >= 15 is 0 Å². The van der Waals surface area contributed by atoms with Gasteiger partial charge in [0.25, 0.3) is 0 Å². The van der Waals surface area contributed by atoms with Gasteiger partial charge in [-0.15, -0.1) is 0 Å². The molecule has 20 nitrogen and oxygen atoms in total. The molecule has 20 heteroatoms. The molecule has 4 aliphatic carbocycles. The van der Waals surface area contributed by atoms with Gasteiger partial charge in [0, 0.05) is 30.1 Å². The van der Waals surface area contributed by atoms with E-state index in [0.717, 1.165) is 38.5 Å². The molecule has 6 fully saturated rings. The van der Waals surface area contributed by atoms with Crippen molar-refractivity contribution in [3.05, 3.63) is 11.1 Å². The van der Waals surface area contributed by atoms with Crippen LogP contribution < -0.4 is 0 Å². The van der Waals surface area contributed by atoms with E-state index in [-0.39, 0.29) is 46.9 Å². The van der Waals surface area contributed by atoms with Crippen LogP contribution >= 0.6 is 0 Å². The molecule has 68 heavy (non-hydrogen) atoms. The monoisotopic (exact) mass is 972 g/mol. The van der Waals surface area contributed by atoms with Crippen LogP contribution in [-0.2, 0) is 47.5 Å². The Kier molecular flexibility index (Phi) is 14.9. The molecule has 0 bridgehead atoms. The van der Waals surface area contributed by atoms with Gasteiger partial charge >= 0.3 is 5.97 Å². The Hall–Kier alpha value is -1.80. The number of carbonyl (C=O) groups is 2. The first kappa shape index (κ1) is 52.5. The van der Waals surface area contributed by atoms with Crippen molar-refractivity contribution in [1.82, 2.24) is 0 Å². The Morgan fingerprint density at radius 3 is 2.00 bits per heavy atom. The van der Waals surface area contributed by atoms with Crippen LogP contribution in [0.5, 0.6) is 0 Å². The van der Waals surface area contributed by atoms with Crippen LogP contribution in [0.4, 0.5) is 0 Å². The third-order valence-corrected chi connectivity index (χ3v) is 18.8. The molecule has 388 valence electrons. The molecule has 8 aliphatic rings. The van der Waals surface area contributed by atoms with Gasteiger partial charge < -0.3 is 89.0 Å². The minimum atomic E-state index is -1.85. The Morgan fingerprint density at radius 2 is 1.37 bits per heavy atom. The standard InChI is InChI=1S/C48H76O20/c1-8-25(52)39-38(63-22(3)51)21(2)48(68-39)16-15-46(6)24-9-10-29-44(4,23(24)11-14-47(46,48)7)13-12-30(45(29,5)20-50)66-41-36(59)35(58)33(56)28(65-41)19-62-43-40(31(54)26(53)18-61-43)67-42-37(60)34(57)32(55)27(17-49)64-42/h21,26-43,49-50,53-60H,8-20H2,1-7H3/t21-,26+,27-,28-,29-,30+,31+,32-,33-,34+,35+,36-,37-,38-,39+,40-,41+,42+,43+,44-,45-,46+,47+,48+/m1/s1. The maximum absolute atomic E-state index is 13.3. The number of fused-ring (bicyclic) bond motifs is 5. The van der Waals surface area contributed by atoms with Crippen LogP contribution in [0, 0.1) is 33.5 Å². The van der Waals surface area contributed by atoms with Crippen molar-refractivity contribution in [1.29, 1.82) is 0 Å². The van der Waals surface area contributed by atoms with Crippen molar-refractivity contribution in [2.75, 3.05) is 26.4 Å². The number of hydrogen-bond acceptors (Lipinski definition) is 20. The van der Waals surface area contributed by atoms with E-state index in [4.69, 9.17) is 37.9 Å². The fourth-order valence-corrected chi connectivity index (χ4v) is 14.5. The minimum absolute atomic E-state index is 0.0661. The molecular weight excluding hydrogens is 897 g/mol. The molecule has 10 N–H and O–H groups in total. The lowest BCUT2D eigenvalue weighted by Gasteiger charge is -2.63. The normalized spacial score (nSPS) is 52.6. The lowest BCUT2D eigenvalue weighted by atomic mass is 9.42. The fraction of sp³-hybridized carbons (Fsp3) is 0.917. The number of ketones is 1. The Bertz CT molecular complexity index is 1880. The molecule has 0 aromatic rings. The van der Waals surface area contributed by atoms with Gasteiger partial charge in [0.15, 0.2) is 30.8 Å². The van der Waals surface area contributed by atoms with Crippen molar-refractivity contribution in [3.63, 3.8) is 0 Å². The summed E-state index contributed by atoms with van der Waals surface area (Å²) in [6.07, 6.45) is -18.8. The molecule has 0 amide bonds. The predicted molar refractivity (Wildman–Crippen MR) is 232 cm³/mol. The highest BCUT2D eigenvalue weighted by atomic mass is 16.8. The SMILES string of the molecule is CCC(=O)[C@@H]1O[C@@]2(CC[C@@]3(C)C4=C(CC[C@@]32C)[C@@]2(C)CC[C@H](O[C@@H]3O[C@H](CO[C@@H]5OC[C@H](O)[C@H](O)[C@H]5O[C@@H]5O[C@H](CO)[C@@H](O)[C@H](O)[C@H]5O)[C@@H](O)[C@H](O)[C@H]3O)[C@](C)(CO)[C@@H]2CC4)[C@H](C)[C@H]1OC(C)=O. The van der Waals surface area contributed by atoms with E-state index < -0.39 is 141 Å². The smallest absolute Gasteiger partial charge is 0.303 e. The van der Waals surface area contributed by atoms with Crippen LogP contribution in [0.2, 0.25) is 0 Å². The topological polar surface area (TPSA) is 310 Å². The van der Waals surface area contributed by atoms with Crippen LogP contribution in [0.25, 0.3) is 0 Å². The molecule has 24 atom stereocenters. The first-order chi connectivity index (χ1) is 32.0. The number of hydrogen-bond donors (Lipinski definition) is 10. The summed E-state index contributed by atoms with van der Waals surface area (Å²) in [5, 5.41) is 107. The molecule has 0 aromatic carbocycles. The van der Waals surface area contributed by atoms with Crippen molar-refractivity contribution in [2.24, 2.45) is 33.5 Å². The molecule has 4 saturated heterocycles. The van der Waals surface area contributed by atoms with E-state index in [2.05, 4.69) is 27.7 Å². The number of ether oxygens (including phenoxy) is 8. The number of allylic oxidation sites excluding steroid dienone is 2. The Morgan fingerprint density at radius 1 is 0.721 bits per heavy atom. The third kappa shape index (κ3) is 8.08. The lowest BCUT2D eigenvalue weighted by molar-refractivity contribution is -0.365. The van der Waals surface area contributed by atoms with Gasteiger partial charge in [-0.3, -0.25) is 9.59 Å². The maximum atomic E-state index is 13.3. The van der Waals surface area contributed by atoms with E-state index in [0.29, 0.717) is 12.8 Å². The molecule has 1 spiro atoms. The fourth-order valence-electron chi connectivity index (χ4n) is 14.5. The van der Waals surface area contributed by atoms with Crippen molar-refractivity contribution >= 4 is 11.8 Å². The summed E-state index contributed by atoms with van der Waals surface area (Å²) < 4.78 is 48.2. The average Bonchev–Trinajstić information content (AvgIpc) is 3.73. The van der Waals surface area contributed by atoms with E-state index in [1.165, 1.54) is 18.1 Å². The predicted octanol–water partition coefficient (Wildman–Crippen LogP) is -0.751. The molecule has 4 heterocycles. The van der Waals surface area contributed by atoms with Crippen LogP contribution in [-0.4, -0.2) is 199 Å². The van der Waals surface area contributed by atoms with Gasteiger partial charge in [0.05, 0.1) is 38.1 Å². The molecular formula is C48H76O20. The number of esters is 1. The van der Waals surface area contributed by atoms with Gasteiger partial charge in [0.1, 0.15) is 73.2 Å². The minimum Gasteiger partial charge on any atom is -0.459 e. The summed E-state index contributed by atoms with van der Waals surface area (Å²) in [6, 6.07) is 0. The molecule has 2 saturated carbocycles. The number of Topliss-reactive ketones (excluding diaryl/α,β-unsaturated/α-hetero) is 1. The second kappa shape index (κ2) is 19.2. The number of aliphatic hydroxyl groups excluding tert-OH is 10. The molecule has 0 radical (unpaired) electrons. The van der Waals surface area contributed by atoms with Gasteiger partial charge in [-0.05, 0) is 68.1 Å². The number of rotatable bonds is 12. The average molecular weight is 973 g/mol. The molecule has 8 rings (SSSR count). The van der Waals surface area contributed by atoms with Gasteiger partial charge in [-0.1, -0.05) is 52.7 Å². The summed E-state index contributed by atoms with van der Waals surface area (Å²) in [7, 11) is 0. The van der Waals surface area contributed by atoms with Gasteiger partial charge in [-0.25, -0.2) is 0 Å². The van der Waals surface area contributed by atoms with Gasteiger partial charge in [-0.2, -0.15) is 0 Å². The van der Waals surface area contributed by atoms with E-state index in [1.54, 1.807) is 6.92 Å². The van der Waals surface area contributed by atoms with Crippen LogP contribution in [0.3, 0.4) is 0 Å². The first-order valence-corrected chi connectivity index (χ1v) is 24.6. The maximum Gasteiger partial charge on any atom is 0.303 e. The summed E-state index contributed by atoms with van der Waals surface area (Å²) in [4.78, 5) is 25.7. The summed E-state index contributed by atoms with van der Waals surface area (Å²) in [5.74, 6) is -0.784. The zero-order valence-corrected chi connectivity index (χ0v) is 40.2. The van der Waals surface area contributed by atoms with Gasteiger partial charge in [0.2, 0.25) is 0 Å². The Labute approximate surface area is 396 Å². The van der Waals surface area contributed by atoms with Crippen molar-refractivity contribution in [2.45, 2.75) is 216 Å². The summed E-state index contributed by atoms with van der Waals surface area (Å²) >= 11 is 0. The highest BCUT2D eigenvalue weighted by Gasteiger charge is 2.74. The molecule has 0 unspecified atom stereocenters. The molecule has 4 aliphatic heterocycles. The summed E-state index contributed by atoms with van der Waals surface area (Å²) in [6.45, 7) is 12.2. The second-order valence-electron chi connectivity index (χ2n) is 22.0. The van der Waals surface area contributed by atoms with Crippen molar-refractivity contribution in [3.8, 4) is 0 Å². The van der Waals surface area contributed by atoms with Crippen LogP contribution in [0.1, 0.15) is 106 Å². The zero-order valence-electron chi connectivity index (χ0n) is 40.2. The largest absolute Gasteiger partial charge is 0.459 e. The number of carbonyl (C=O) groups excluding carboxylic acids is 2. The second-order valence-corrected chi connectivity index (χ2v) is 22.0. The zero-order chi connectivity index (χ0) is 49.6. The first-order valence-electron chi connectivity index (χ1n) is 24.6. The number of aliphatic hydroxyl groups is 10. The summed E-state index contributed by atoms with van der Waals surface area (Å²) in [5.41, 5.74) is 0.269. The van der Waals surface area contributed by atoms with E-state index in [9.17, 15) is 60.7 Å². The van der Waals surface area contributed by atoms with Crippen LogP contribution in [0.15, 0.2) is 11.1 Å². The lowest BCUT2D eigenvalue weighted by Crippen LogP contribution is -2.64. The van der Waals surface area contributed by atoms with E-state index in [1.807, 2.05) is 6.92 Å². The third-order valence-electron chi connectivity index (χ3n) is 18.8. The molecule has 0 aromatic heterocycles.